The lowest BCUT2D eigenvalue weighted by Gasteiger charge is -2.17. The maximum atomic E-state index is 12.8. The molecule has 0 fully saturated rings. The average molecular weight is 532 g/mol. The first-order chi connectivity index (χ1) is 11.1. The number of hydrogen-bond acceptors (Lipinski definition) is 5. The van der Waals surface area contributed by atoms with Crippen LogP contribution in [0.1, 0.15) is 0 Å². The van der Waals surface area contributed by atoms with Gasteiger partial charge < -0.3 is 0 Å². The third-order valence-electron chi connectivity index (χ3n) is 2.88. The number of halogens is 5. The number of anilines is 1. The summed E-state index contributed by atoms with van der Waals surface area (Å²) in [4.78, 5) is 0. The molecule has 25 heavy (non-hydrogen) atoms. The van der Waals surface area contributed by atoms with E-state index in [0.29, 0.717) is 20.8 Å². The summed E-state index contributed by atoms with van der Waals surface area (Å²) in [5, 5.41) is 3.28. The quantitative estimate of drug-likeness (QED) is 0.566. The van der Waals surface area contributed by atoms with Crippen LogP contribution >= 0.6 is 34.2 Å². The van der Waals surface area contributed by atoms with Crippen LogP contribution in [0.4, 0.5) is 19.0 Å². The second-order valence-corrected chi connectivity index (χ2v) is 10.5. The summed E-state index contributed by atoms with van der Waals surface area (Å²) in [5.74, 6) is -0.701. The Labute approximate surface area is 160 Å². The van der Waals surface area contributed by atoms with Gasteiger partial charge in [0.25, 0.3) is 0 Å². The Bertz CT molecular complexity index is 1020. The molecule has 140 valence electrons. The highest BCUT2D eigenvalue weighted by molar-refractivity contribution is 14.1. The van der Waals surface area contributed by atoms with Crippen molar-refractivity contribution < 1.29 is 30.0 Å². The van der Waals surface area contributed by atoms with Crippen molar-refractivity contribution in [1.29, 1.82) is 0 Å². The molecule has 0 saturated heterocycles. The molecule has 0 amide bonds. The molecule has 1 aromatic carbocycles. The summed E-state index contributed by atoms with van der Waals surface area (Å²) in [6.07, 6.45) is -3.46. The summed E-state index contributed by atoms with van der Waals surface area (Å²) >= 11 is 7.74. The predicted octanol–water partition coefficient (Wildman–Crippen LogP) is 2.58. The van der Waals surface area contributed by atoms with Crippen LogP contribution in [0.15, 0.2) is 12.1 Å². The highest BCUT2D eigenvalue weighted by atomic mass is 127. The van der Waals surface area contributed by atoms with Crippen LogP contribution in [-0.2, 0) is 26.6 Å². The summed E-state index contributed by atoms with van der Waals surface area (Å²) < 4.78 is 87.0. The SMILES string of the molecule is CS(=O)(=O)N(c1nn(CC(F)(F)F)c2c(I)ccc(Cl)c12)S(C)(=O)=O. The molecule has 0 saturated carbocycles. The van der Waals surface area contributed by atoms with Crippen LogP contribution in [0.25, 0.3) is 10.9 Å². The number of fused-ring (bicyclic) bond motifs is 1. The molecule has 7 nitrogen and oxygen atoms in total. The molecular weight excluding hydrogens is 522 g/mol. The topological polar surface area (TPSA) is 89.3 Å². The first kappa shape index (κ1) is 20.5. The molecule has 0 aliphatic rings. The Morgan fingerprint density at radius 3 is 2.16 bits per heavy atom. The van der Waals surface area contributed by atoms with Crippen molar-refractivity contribution in [3.8, 4) is 0 Å². The third kappa shape index (κ3) is 4.31. The lowest BCUT2D eigenvalue weighted by atomic mass is 10.2. The second kappa shape index (κ2) is 6.42. The van der Waals surface area contributed by atoms with E-state index < -0.39 is 38.6 Å². The monoisotopic (exact) mass is 531 g/mol. The number of rotatable bonds is 4. The van der Waals surface area contributed by atoms with Gasteiger partial charge in [0.1, 0.15) is 6.54 Å². The molecule has 2 rings (SSSR count). The van der Waals surface area contributed by atoms with Crippen LogP contribution in [0.3, 0.4) is 0 Å². The Morgan fingerprint density at radius 2 is 1.72 bits per heavy atom. The van der Waals surface area contributed by atoms with Crippen molar-refractivity contribution in [2.75, 3.05) is 16.2 Å². The largest absolute Gasteiger partial charge is 0.408 e. The molecule has 0 aliphatic heterocycles. The lowest BCUT2D eigenvalue weighted by Crippen LogP contribution is -2.36. The first-order valence-corrected chi connectivity index (χ1v) is 11.4. The van der Waals surface area contributed by atoms with E-state index in [9.17, 15) is 30.0 Å². The minimum Gasteiger partial charge on any atom is -0.252 e. The van der Waals surface area contributed by atoms with Gasteiger partial charge in [0.15, 0.2) is 5.82 Å². The molecule has 0 atom stereocenters. The fraction of sp³-hybridized carbons (Fsp3) is 0.364. The molecular formula is C11H10ClF3IN3O4S2. The average Bonchev–Trinajstić information content (AvgIpc) is 2.68. The van der Waals surface area contributed by atoms with E-state index in [2.05, 4.69) is 5.10 Å². The van der Waals surface area contributed by atoms with Gasteiger partial charge in [-0.25, -0.2) is 16.8 Å². The summed E-state index contributed by atoms with van der Waals surface area (Å²) in [7, 11) is -8.80. The lowest BCUT2D eigenvalue weighted by molar-refractivity contribution is -0.141. The molecule has 0 aliphatic carbocycles. The molecule has 14 heteroatoms. The zero-order valence-corrected chi connectivity index (χ0v) is 17.1. The van der Waals surface area contributed by atoms with Gasteiger partial charge in [-0.05, 0) is 34.7 Å². The van der Waals surface area contributed by atoms with Crippen molar-refractivity contribution in [3.05, 3.63) is 20.7 Å². The van der Waals surface area contributed by atoms with Crippen LogP contribution in [-0.4, -0.2) is 45.3 Å². The zero-order valence-electron chi connectivity index (χ0n) is 12.5. The molecule has 0 spiro atoms. The Hall–Kier alpha value is -0.800. The van der Waals surface area contributed by atoms with E-state index in [-0.39, 0.29) is 19.6 Å². The number of nitrogens with zero attached hydrogens (tertiary/aromatic N) is 3. The second-order valence-electron chi connectivity index (χ2n) is 5.07. The van der Waals surface area contributed by atoms with Crippen molar-refractivity contribution in [2.24, 2.45) is 0 Å². The maximum absolute atomic E-state index is 12.8. The van der Waals surface area contributed by atoms with Gasteiger partial charge in [0, 0.05) is 3.57 Å². The fourth-order valence-electron chi connectivity index (χ4n) is 2.19. The first-order valence-electron chi connectivity index (χ1n) is 6.24. The van der Waals surface area contributed by atoms with E-state index in [0.717, 1.165) is 0 Å². The predicted molar refractivity (Wildman–Crippen MR) is 95.7 cm³/mol. The van der Waals surface area contributed by atoms with Crippen molar-refractivity contribution in [1.82, 2.24) is 9.78 Å². The highest BCUT2D eigenvalue weighted by Crippen LogP contribution is 2.38. The van der Waals surface area contributed by atoms with Gasteiger partial charge in [-0.2, -0.15) is 18.3 Å². The van der Waals surface area contributed by atoms with Crippen LogP contribution in [0.2, 0.25) is 5.02 Å². The molecule has 1 aromatic heterocycles. The van der Waals surface area contributed by atoms with Crippen molar-refractivity contribution in [2.45, 2.75) is 12.7 Å². The van der Waals surface area contributed by atoms with Gasteiger partial charge in [-0.3, -0.25) is 4.68 Å². The smallest absolute Gasteiger partial charge is 0.252 e. The molecule has 1 heterocycles. The Kier molecular flexibility index (Phi) is 5.27. The van der Waals surface area contributed by atoms with Crippen molar-refractivity contribution in [3.63, 3.8) is 0 Å². The van der Waals surface area contributed by atoms with Crippen LogP contribution < -0.4 is 3.71 Å². The zero-order chi connectivity index (χ0) is 19.4. The standard InChI is InChI=1S/C11H10ClF3IN3O4S2/c1-24(20,21)19(25(2,22)23)10-8-6(12)3-4-7(16)9(8)18(17-10)5-11(13,14)15/h3-4H,5H2,1-2H3. The summed E-state index contributed by atoms with van der Waals surface area (Å²) in [6.45, 7) is -1.54. The molecule has 0 unspecified atom stereocenters. The molecule has 0 N–H and O–H groups in total. The van der Waals surface area contributed by atoms with Gasteiger partial charge in [-0.1, -0.05) is 11.6 Å². The van der Waals surface area contributed by atoms with Gasteiger partial charge >= 0.3 is 6.18 Å². The number of aromatic nitrogens is 2. The summed E-state index contributed by atoms with van der Waals surface area (Å²) in [5.41, 5.74) is -0.113. The minimum absolute atomic E-state index is 0.0306. The third-order valence-corrected chi connectivity index (χ3v) is 7.24. The van der Waals surface area contributed by atoms with E-state index >= 15 is 0 Å². The number of alkyl halides is 3. The number of sulfonamides is 2. The van der Waals surface area contributed by atoms with E-state index in [1.54, 1.807) is 22.6 Å². The maximum Gasteiger partial charge on any atom is 0.408 e. The molecule has 0 bridgehead atoms. The highest BCUT2D eigenvalue weighted by Gasteiger charge is 2.36. The number of benzene rings is 1. The summed E-state index contributed by atoms with van der Waals surface area (Å²) in [6, 6.07) is 2.73. The van der Waals surface area contributed by atoms with E-state index in [1.807, 2.05) is 0 Å². The van der Waals surface area contributed by atoms with E-state index in [4.69, 9.17) is 11.6 Å². The normalized spacial score (nSPS) is 13.4. The van der Waals surface area contributed by atoms with Gasteiger partial charge in [0.2, 0.25) is 20.0 Å². The van der Waals surface area contributed by atoms with Gasteiger partial charge in [-0.15, -0.1) is 3.71 Å². The fourth-order valence-corrected chi connectivity index (χ4v) is 6.01. The molecule has 0 radical (unpaired) electrons. The van der Waals surface area contributed by atoms with E-state index in [1.165, 1.54) is 12.1 Å². The minimum atomic E-state index is -4.66. The van der Waals surface area contributed by atoms with Crippen molar-refractivity contribution >= 4 is 71.0 Å². The number of hydrogen-bond donors (Lipinski definition) is 0. The Balaban J connectivity index is 2.97. The van der Waals surface area contributed by atoms with Crippen LogP contribution in [0, 0.1) is 3.57 Å². The van der Waals surface area contributed by atoms with Crippen LogP contribution in [0.5, 0.6) is 0 Å². The van der Waals surface area contributed by atoms with Gasteiger partial charge in [0.05, 0.1) is 28.4 Å². The molecule has 2 aromatic rings. The Morgan fingerprint density at radius 1 is 1.20 bits per heavy atom.